The van der Waals surface area contributed by atoms with Crippen molar-refractivity contribution >= 4 is 38.1 Å². The summed E-state index contributed by atoms with van der Waals surface area (Å²) in [5, 5.41) is 9.79. The van der Waals surface area contributed by atoms with Crippen molar-refractivity contribution in [2.45, 2.75) is 17.7 Å². The van der Waals surface area contributed by atoms with Crippen molar-refractivity contribution in [2.75, 3.05) is 30.4 Å². The zero-order chi connectivity index (χ0) is 17.6. The number of carbonyl (C=O) groups is 1. The zero-order valence-electron chi connectivity index (χ0n) is 13.4. The summed E-state index contributed by atoms with van der Waals surface area (Å²) in [7, 11) is -1.76. The van der Waals surface area contributed by atoms with Crippen molar-refractivity contribution < 1.29 is 13.2 Å². The van der Waals surface area contributed by atoms with Crippen LogP contribution in [0.2, 0.25) is 0 Å². The van der Waals surface area contributed by atoms with Crippen molar-refractivity contribution in [3.63, 3.8) is 0 Å². The zero-order valence-corrected chi connectivity index (χ0v) is 15.0. The molecule has 0 unspecified atom stereocenters. The summed E-state index contributed by atoms with van der Waals surface area (Å²) in [4.78, 5) is 13.0. The van der Waals surface area contributed by atoms with Crippen LogP contribution in [0.1, 0.15) is 13.3 Å². The van der Waals surface area contributed by atoms with E-state index in [1.807, 2.05) is 42.3 Å². The molecule has 0 atom stereocenters. The molecule has 0 radical (unpaired) electrons. The minimum absolute atomic E-state index is 0.159. The predicted molar refractivity (Wildman–Crippen MR) is 93.7 cm³/mol. The summed E-state index contributed by atoms with van der Waals surface area (Å²) < 4.78 is 26.6. The molecule has 0 saturated carbocycles. The summed E-state index contributed by atoms with van der Waals surface area (Å²) in [6.45, 7) is 2.31. The van der Waals surface area contributed by atoms with E-state index in [-0.39, 0.29) is 21.9 Å². The van der Waals surface area contributed by atoms with Gasteiger partial charge in [-0.05, 0) is 18.6 Å². The predicted octanol–water partition coefficient (Wildman–Crippen LogP) is 1.30. The Morgan fingerprint density at radius 1 is 1.25 bits per heavy atom. The van der Waals surface area contributed by atoms with Gasteiger partial charge in [0.15, 0.2) is 0 Å². The highest BCUT2D eigenvalue weighted by atomic mass is 32.2. The SMILES string of the molecule is CC(=O)Nc1nnc(S(=O)(=O)NCCCN(C)c2ccccc2)s1. The number of hydrogen-bond acceptors (Lipinski definition) is 7. The van der Waals surface area contributed by atoms with Crippen LogP contribution in [-0.2, 0) is 14.8 Å². The molecule has 2 rings (SSSR count). The second kappa shape index (κ2) is 8.18. The van der Waals surface area contributed by atoms with Gasteiger partial charge in [0.1, 0.15) is 0 Å². The molecule has 0 fully saturated rings. The fourth-order valence-corrected chi connectivity index (χ4v) is 3.98. The van der Waals surface area contributed by atoms with Crippen LogP contribution >= 0.6 is 11.3 Å². The molecule has 24 heavy (non-hydrogen) atoms. The first-order valence-electron chi connectivity index (χ1n) is 7.25. The van der Waals surface area contributed by atoms with Gasteiger partial charge in [0.2, 0.25) is 15.4 Å². The number of para-hydroxylation sites is 1. The average Bonchev–Trinajstić information content (AvgIpc) is 3.01. The first kappa shape index (κ1) is 18.3. The topological polar surface area (TPSA) is 104 Å². The van der Waals surface area contributed by atoms with Crippen LogP contribution in [0, 0.1) is 0 Å². The van der Waals surface area contributed by atoms with Crippen molar-refractivity contribution in [1.82, 2.24) is 14.9 Å². The number of carbonyl (C=O) groups excluding carboxylic acids is 1. The number of sulfonamides is 1. The number of hydrogen-bond donors (Lipinski definition) is 2. The van der Waals surface area contributed by atoms with Gasteiger partial charge in [-0.2, -0.15) is 0 Å². The number of rotatable bonds is 8. The lowest BCUT2D eigenvalue weighted by Gasteiger charge is -2.18. The third-order valence-electron chi connectivity index (χ3n) is 3.08. The van der Waals surface area contributed by atoms with E-state index in [1.165, 1.54) is 6.92 Å². The molecule has 2 aromatic rings. The lowest BCUT2D eigenvalue weighted by molar-refractivity contribution is -0.114. The van der Waals surface area contributed by atoms with E-state index < -0.39 is 10.0 Å². The highest BCUT2D eigenvalue weighted by molar-refractivity contribution is 7.91. The minimum atomic E-state index is -3.71. The third kappa shape index (κ3) is 5.25. The standard InChI is InChI=1S/C14H19N5O3S2/c1-11(20)16-13-17-18-14(23-13)24(21,22)15-9-6-10-19(2)12-7-4-3-5-8-12/h3-5,7-8,15H,6,9-10H2,1-2H3,(H,16,17,20). The van der Waals surface area contributed by atoms with Crippen LogP contribution in [0.3, 0.4) is 0 Å². The Morgan fingerprint density at radius 2 is 1.96 bits per heavy atom. The summed E-state index contributed by atoms with van der Waals surface area (Å²) in [6.07, 6.45) is 0.641. The summed E-state index contributed by atoms with van der Waals surface area (Å²) in [6, 6.07) is 9.85. The molecule has 0 aliphatic rings. The maximum absolute atomic E-state index is 12.1. The van der Waals surface area contributed by atoms with Crippen LogP contribution in [0.15, 0.2) is 34.7 Å². The number of benzene rings is 1. The van der Waals surface area contributed by atoms with Gasteiger partial charge >= 0.3 is 0 Å². The van der Waals surface area contributed by atoms with E-state index in [2.05, 4.69) is 20.2 Å². The molecule has 0 aliphatic heterocycles. The van der Waals surface area contributed by atoms with Gasteiger partial charge < -0.3 is 10.2 Å². The Kier molecular flexibility index (Phi) is 6.23. The van der Waals surface area contributed by atoms with Gasteiger partial charge in [-0.1, -0.05) is 29.5 Å². The van der Waals surface area contributed by atoms with Gasteiger partial charge in [0, 0.05) is 32.7 Å². The Morgan fingerprint density at radius 3 is 2.62 bits per heavy atom. The summed E-state index contributed by atoms with van der Waals surface area (Å²) >= 11 is 0.814. The molecule has 1 amide bonds. The highest BCUT2D eigenvalue weighted by Gasteiger charge is 2.20. The largest absolute Gasteiger partial charge is 0.375 e. The molecule has 0 bridgehead atoms. The van der Waals surface area contributed by atoms with Crippen LogP contribution in [-0.4, -0.2) is 44.7 Å². The van der Waals surface area contributed by atoms with Crippen molar-refractivity contribution in [3.8, 4) is 0 Å². The summed E-state index contributed by atoms with van der Waals surface area (Å²) in [5.74, 6) is -0.327. The third-order valence-corrected chi connectivity index (χ3v) is 5.75. The molecule has 2 N–H and O–H groups in total. The Balaban J connectivity index is 1.82. The van der Waals surface area contributed by atoms with Crippen LogP contribution in [0.25, 0.3) is 0 Å². The maximum Gasteiger partial charge on any atom is 0.269 e. The molecular weight excluding hydrogens is 350 g/mol. The Hall–Kier alpha value is -2.04. The molecule has 0 spiro atoms. The van der Waals surface area contributed by atoms with Gasteiger partial charge in [-0.15, -0.1) is 10.2 Å². The number of amides is 1. The second-order valence-corrected chi connectivity index (χ2v) is 7.98. The first-order chi connectivity index (χ1) is 11.4. The number of aromatic nitrogens is 2. The van der Waals surface area contributed by atoms with E-state index in [0.29, 0.717) is 13.0 Å². The lowest BCUT2D eigenvalue weighted by atomic mass is 10.3. The van der Waals surface area contributed by atoms with Gasteiger partial charge in [0.25, 0.3) is 10.0 Å². The quantitative estimate of drug-likeness (QED) is 0.537. The number of nitrogens with zero attached hydrogens (tertiary/aromatic N) is 3. The van der Waals surface area contributed by atoms with Gasteiger partial charge in [0.05, 0.1) is 0 Å². The van der Waals surface area contributed by atoms with Crippen molar-refractivity contribution in [1.29, 1.82) is 0 Å². The highest BCUT2D eigenvalue weighted by Crippen LogP contribution is 2.19. The van der Waals surface area contributed by atoms with Crippen LogP contribution in [0.5, 0.6) is 0 Å². The summed E-state index contributed by atoms with van der Waals surface area (Å²) in [5.41, 5.74) is 1.07. The average molecular weight is 369 g/mol. The van der Waals surface area contributed by atoms with Crippen molar-refractivity contribution in [3.05, 3.63) is 30.3 Å². The number of anilines is 2. The molecule has 0 saturated heterocycles. The van der Waals surface area contributed by atoms with E-state index in [1.54, 1.807) is 0 Å². The number of nitrogens with one attached hydrogen (secondary N) is 2. The molecule has 0 aliphatic carbocycles. The molecule has 10 heteroatoms. The molecule has 1 aromatic carbocycles. The fourth-order valence-electron chi connectivity index (χ4n) is 1.92. The molecular formula is C14H19N5O3S2. The van der Waals surface area contributed by atoms with E-state index in [0.717, 1.165) is 17.0 Å². The normalized spacial score (nSPS) is 11.2. The van der Waals surface area contributed by atoms with E-state index in [4.69, 9.17) is 0 Å². The lowest BCUT2D eigenvalue weighted by Crippen LogP contribution is -2.28. The Labute approximate surface area is 145 Å². The first-order valence-corrected chi connectivity index (χ1v) is 9.55. The van der Waals surface area contributed by atoms with Crippen LogP contribution in [0.4, 0.5) is 10.8 Å². The monoisotopic (exact) mass is 369 g/mol. The van der Waals surface area contributed by atoms with E-state index in [9.17, 15) is 13.2 Å². The molecule has 1 heterocycles. The van der Waals surface area contributed by atoms with Gasteiger partial charge in [-0.3, -0.25) is 4.79 Å². The molecule has 130 valence electrons. The maximum atomic E-state index is 12.1. The Bertz CT molecular complexity index is 777. The smallest absolute Gasteiger partial charge is 0.269 e. The fraction of sp³-hybridized carbons (Fsp3) is 0.357. The molecule has 1 aromatic heterocycles. The van der Waals surface area contributed by atoms with Crippen LogP contribution < -0.4 is 14.9 Å². The minimum Gasteiger partial charge on any atom is -0.375 e. The second-order valence-electron chi connectivity index (χ2n) is 5.06. The van der Waals surface area contributed by atoms with Gasteiger partial charge in [-0.25, -0.2) is 13.1 Å². The molecule has 8 nitrogen and oxygen atoms in total. The van der Waals surface area contributed by atoms with Crippen molar-refractivity contribution in [2.24, 2.45) is 0 Å². The van der Waals surface area contributed by atoms with E-state index >= 15 is 0 Å².